The molecule has 0 heterocycles. The Morgan fingerprint density at radius 3 is 0.452 bits per heavy atom. The molecule has 0 unspecified atom stereocenters. The van der Waals surface area contributed by atoms with Gasteiger partial charge in [0.2, 0.25) is 0 Å². The van der Waals surface area contributed by atoms with Crippen molar-refractivity contribution in [1.29, 1.82) is 0 Å². The quantitative estimate of drug-likeness (QED) is 0.373. The van der Waals surface area contributed by atoms with Crippen LogP contribution in [0.25, 0.3) is 0 Å². The standard InChI is InChI=1S/C6H6.C5H10.2C5H12.4C2H6.2CH4/c1-2-4-6-5-3-1;1-2-4-5-3-1;2*1-5(2,3)4;4*1-2;;/h1-6H;1-5H2;2*1-4H3;4*1-2H3;2*1H4. The molecule has 0 bridgehead atoms. The molecule has 1 aliphatic carbocycles. The van der Waals surface area contributed by atoms with E-state index in [0.717, 1.165) is 0 Å². The second-order valence-electron chi connectivity index (χ2n) is 8.92. The molecular weight excluding hydrogens is 372 g/mol. The second-order valence-corrected chi connectivity index (χ2v) is 8.92. The molecule has 0 aromatic heterocycles. The predicted molar refractivity (Wildman–Crippen MR) is 159 cm³/mol. The van der Waals surface area contributed by atoms with E-state index in [4.69, 9.17) is 0 Å². The minimum atomic E-state index is 0. The van der Waals surface area contributed by atoms with Crippen LogP contribution < -0.4 is 0 Å². The first kappa shape index (κ1) is 52.3. The van der Waals surface area contributed by atoms with Crippen LogP contribution in [0.1, 0.15) is 158 Å². The van der Waals surface area contributed by atoms with Crippen LogP contribution in [-0.4, -0.2) is 0 Å². The molecule has 0 spiro atoms. The first-order chi connectivity index (χ1) is 13.5. The van der Waals surface area contributed by atoms with Gasteiger partial charge in [0.05, 0.1) is 0 Å². The van der Waals surface area contributed by atoms with Crippen LogP contribution in [0.2, 0.25) is 0 Å². The maximum Gasteiger partial charge on any atom is -0.0411 e. The molecule has 1 saturated carbocycles. The molecule has 0 amide bonds. The Morgan fingerprint density at radius 2 is 0.387 bits per heavy atom. The second kappa shape index (κ2) is 47.1. The first-order valence-electron chi connectivity index (χ1n) is 12.5. The van der Waals surface area contributed by atoms with Crippen molar-refractivity contribution in [1.82, 2.24) is 0 Å². The lowest BCUT2D eigenvalue weighted by molar-refractivity contribution is 0.469. The van der Waals surface area contributed by atoms with Gasteiger partial charge in [0.25, 0.3) is 0 Å². The molecule has 0 radical (unpaired) electrons. The van der Waals surface area contributed by atoms with Crippen molar-refractivity contribution in [2.24, 2.45) is 10.8 Å². The Labute approximate surface area is 205 Å². The molecule has 31 heavy (non-hydrogen) atoms. The normalized spacial score (nSPS) is 10.1. The van der Waals surface area contributed by atoms with Crippen molar-refractivity contribution in [3.8, 4) is 0 Å². The molecule has 2 rings (SSSR count). The Bertz CT molecular complexity index is 222. The van der Waals surface area contributed by atoms with E-state index in [-0.39, 0.29) is 14.9 Å². The molecule has 0 atom stereocenters. The average Bonchev–Trinajstić information content (AvgIpc) is 3.27. The van der Waals surface area contributed by atoms with E-state index in [1.807, 2.05) is 91.8 Å². The lowest BCUT2D eigenvalue weighted by Gasteiger charge is -2.05. The summed E-state index contributed by atoms with van der Waals surface area (Å²) < 4.78 is 0. The fraction of sp³-hybridized carbons (Fsp3) is 0.806. The fourth-order valence-corrected chi connectivity index (χ4v) is 1.27. The van der Waals surface area contributed by atoms with Crippen molar-refractivity contribution >= 4 is 0 Å². The van der Waals surface area contributed by atoms with Gasteiger partial charge in [-0.1, -0.05) is 194 Å². The summed E-state index contributed by atoms with van der Waals surface area (Å²) >= 11 is 0. The van der Waals surface area contributed by atoms with Crippen LogP contribution in [0.3, 0.4) is 0 Å². The topological polar surface area (TPSA) is 0 Å². The maximum atomic E-state index is 2.19. The zero-order valence-electron chi connectivity index (χ0n) is 24.0. The summed E-state index contributed by atoms with van der Waals surface area (Å²) in [5, 5.41) is 0. The fourth-order valence-electron chi connectivity index (χ4n) is 1.27. The van der Waals surface area contributed by atoms with Gasteiger partial charge in [-0.25, -0.2) is 0 Å². The van der Waals surface area contributed by atoms with Gasteiger partial charge < -0.3 is 0 Å². The predicted octanol–water partition coefficient (Wildman–Crippen LogP) is 13.1. The van der Waals surface area contributed by atoms with Gasteiger partial charge >= 0.3 is 0 Å². The van der Waals surface area contributed by atoms with Gasteiger partial charge in [-0.2, -0.15) is 0 Å². The number of hydrogen-bond acceptors (Lipinski definition) is 0. The molecule has 0 N–H and O–H groups in total. The van der Waals surface area contributed by atoms with Gasteiger partial charge in [-0.15, -0.1) is 0 Å². The molecule has 1 fully saturated rings. The van der Waals surface area contributed by atoms with Gasteiger partial charge in [-0.3, -0.25) is 0 Å². The molecule has 0 heteroatoms. The van der Waals surface area contributed by atoms with Crippen molar-refractivity contribution in [3.63, 3.8) is 0 Å². The lowest BCUT2D eigenvalue weighted by Crippen LogP contribution is -1.93. The van der Waals surface area contributed by atoms with Gasteiger partial charge in [-0.05, 0) is 10.8 Å². The number of rotatable bonds is 0. The summed E-state index contributed by atoms with van der Waals surface area (Å²) in [6, 6.07) is 12.0. The van der Waals surface area contributed by atoms with Crippen LogP contribution in [0.4, 0.5) is 0 Å². The van der Waals surface area contributed by atoms with Crippen molar-refractivity contribution in [2.45, 2.75) is 158 Å². The Hall–Kier alpha value is -0.780. The monoisotopic (exact) mass is 445 g/mol. The summed E-state index contributed by atoms with van der Waals surface area (Å²) in [6.07, 6.45) is 7.50. The minimum Gasteiger partial charge on any atom is -0.0776 e. The van der Waals surface area contributed by atoms with Gasteiger partial charge in [0, 0.05) is 0 Å². The molecule has 196 valence electrons. The van der Waals surface area contributed by atoms with Crippen LogP contribution in [0.15, 0.2) is 36.4 Å². The maximum absolute atomic E-state index is 2.19. The Kier molecular flexibility index (Phi) is 79.5. The summed E-state index contributed by atoms with van der Waals surface area (Å²) in [5.41, 5.74) is 1.00. The van der Waals surface area contributed by atoms with E-state index in [0.29, 0.717) is 10.8 Å². The highest BCUT2D eigenvalue weighted by Gasteiger charge is 1.96. The third-order valence-corrected chi connectivity index (χ3v) is 1.92. The third-order valence-electron chi connectivity index (χ3n) is 1.92. The van der Waals surface area contributed by atoms with Crippen molar-refractivity contribution in [3.05, 3.63) is 36.4 Å². The summed E-state index contributed by atoms with van der Waals surface area (Å²) in [6.45, 7) is 33.5. The molecule has 1 aliphatic rings. The van der Waals surface area contributed by atoms with Gasteiger partial charge in [0.1, 0.15) is 0 Å². The summed E-state index contributed by atoms with van der Waals surface area (Å²) in [5.74, 6) is 0. The highest BCUT2D eigenvalue weighted by molar-refractivity contribution is 4.99. The molecule has 0 aliphatic heterocycles. The smallest absolute Gasteiger partial charge is 0.0411 e. The minimum absolute atomic E-state index is 0. The third kappa shape index (κ3) is 207. The molecular formula is C31H72. The van der Waals surface area contributed by atoms with E-state index in [1.54, 1.807) is 0 Å². The first-order valence-corrected chi connectivity index (χ1v) is 12.5. The largest absolute Gasteiger partial charge is 0.0776 e. The van der Waals surface area contributed by atoms with E-state index in [2.05, 4.69) is 55.4 Å². The van der Waals surface area contributed by atoms with Gasteiger partial charge in [0.15, 0.2) is 0 Å². The summed E-state index contributed by atoms with van der Waals surface area (Å²) in [7, 11) is 0. The van der Waals surface area contributed by atoms with E-state index in [1.165, 1.54) is 32.1 Å². The lowest BCUT2D eigenvalue weighted by atomic mass is 10.0. The highest BCUT2D eigenvalue weighted by Crippen LogP contribution is 2.15. The van der Waals surface area contributed by atoms with E-state index >= 15 is 0 Å². The molecule has 0 nitrogen and oxygen atoms in total. The van der Waals surface area contributed by atoms with Crippen molar-refractivity contribution < 1.29 is 0 Å². The van der Waals surface area contributed by atoms with Crippen LogP contribution in [0, 0.1) is 10.8 Å². The number of benzene rings is 1. The summed E-state index contributed by atoms with van der Waals surface area (Å²) in [4.78, 5) is 0. The van der Waals surface area contributed by atoms with Crippen molar-refractivity contribution in [2.75, 3.05) is 0 Å². The molecule has 0 saturated heterocycles. The Balaban J connectivity index is -0.0000000337. The molecule has 1 aromatic carbocycles. The average molecular weight is 445 g/mol. The van der Waals surface area contributed by atoms with Crippen LogP contribution in [-0.2, 0) is 0 Å². The Morgan fingerprint density at radius 1 is 0.323 bits per heavy atom. The van der Waals surface area contributed by atoms with E-state index in [9.17, 15) is 0 Å². The number of hydrogen-bond donors (Lipinski definition) is 0. The highest BCUT2D eigenvalue weighted by atomic mass is 14.0. The van der Waals surface area contributed by atoms with E-state index < -0.39 is 0 Å². The van der Waals surface area contributed by atoms with Crippen LogP contribution in [0.5, 0.6) is 0 Å². The van der Waals surface area contributed by atoms with Crippen LogP contribution >= 0.6 is 0 Å². The molecule has 1 aromatic rings. The SMILES string of the molecule is C.C.C1CCCC1.CC.CC.CC.CC.CC(C)(C)C.CC(C)(C)C.c1ccccc1. The zero-order chi connectivity index (χ0) is 24.8. The zero-order valence-corrected chi connectivity index (χ0v) is 24.0.